The van der Waals surface area contributed by atoms with Crippen LogP contribution >= 0.6 is 23.2 Å². The molecule has 3 rings (SSSR count). The van der Waals surface area contributed by atoms with Gasteiger partial charge in [0.15, 0.2) is 5.82 Å². The molecule has 0 spiro atoms. The second kappa shape index (κ2) is 9.01. The van der Waals surface area contributed by atoms with Crippen molar-refractivity contribution in [2.75, 3.05) is 5.32 Å². The summed E-state index contributed by atoms with van der Waals surface area (Å²) in [5, 5.41) is 17.6. The van der Waals surface area contributed by atoms with Crippen molar-refractivity contribution in [2.24, 2.45) is 5.41 Å². The molecule has 5 nitrogen and oxygen atoms in total. The highest BCUT2D eigenvalue weighted by molar-refractivity contribution is 6.35. The Morgan fingerprint density at radius 3 is 2.39 bits per heavy atom. The van der Waals surface area contributed by atoms with Gasteiger partial charge in [0.1, 0.15) is 0 Å². The molecule has 0 saturated heterocycles. The number of hydrogen-bond acceptors (Lipinski definition) is 4. The van der Waals surface area contributed by atoms with Crippen LogP contribution in [0.4, 0.5) is 5.69 Å². The minimum Gasteiger partial charge on any atom is -0.373 e. The van der Waals surface area contributed by atoms with Crippen molar-refractivity contribution >= 4 is 35.0 Å². The van der Waals surface area contributed by atoms with Crippen LogP contribution in [0.1, 0.15) is 57.6 Å². The summed E-state index contributed by atoms with van der Waals surface area (Å²) in [6.07, 6.45) is 4.10. The van der Waals surface area contributed by atoms with Gasteiger partial charge >= 0.3 is 0 Å². The Morgan fingerprint density at radius 2 is 1.74 bits per heavy atom. The zero-order valence-corrected chi connectivity index (χ0v) is 20.3. The van der Waals surface area contributed by atoms with Gasteiger partial charge in [0.2, 0.25) is 0 Å². The van der Waals surface area contributed by atoms with E-state index in [1.54, 1.807) is 6.07 Å². The molecular formula is C24H29Cl2N5. The van der Waals surface area contributed by atoms with Crippen LogP contribution in [-0.2, 0) is 5.54 Å². The highest BCUT2D eigenvalue weighted by Crippen LogP contribution is 2.36. The number of allylic oxidation sites excluding steroid dienone is 1. The maximum atomic E-state index is 6.37. The molecule has 0 aliphatic heterocycles. The van der Waals surface area contributed by atoms with E-state index in [-0.39, 0.29) is 11.5 Å². The van der Waals surface area contributed by atoms with Crippen molar-refractivity contribution in [1.29, 1.82) is 0 Å². The monoisotopic (exact) mass is 457 g/mol. The average Bonchev–Trinajstić information content (AvgIpc) is 3.14. The second-order valence-corrected chi connectivity index (χ2v) is 10.2. The molecule has 1 N–H and O–H groups in total. The number of nitrogens with zero attached hydrogens (tertiary/aromatic N) is 4. The van der Waals surface area contributed by atoms with E-state index in [0.717, 1.165) is 17.1 Å². The molecule has 164 valence electrons. The van der Waals surface area contributed by atoms with Crippen LogP contribution in [0.3, 0.4) is 0 Å². The lowest BCUT2D eigenvalue weighted by Crippen LogP contribution is -2.35. The van der Waals surface area contributed by atoms with Crippen molar-refractivity contribution in [3.8, 4) is 0 Å². The number of nitrogens with one attached hydrogen (secondary N) is 1. The van der Waals surface area contributed by atoms with Gasteiger partial charge in [0.25, 0.3) is 0 Å². The third-order valence-corrected chi connectivity index (χ3v) is 5.78. The predicted octanol–water partition coefficient (Wildman–Crippen LogP) is 6.94. The molecule has 0 bridgehead atoms. The largest absolute Gasteiger partial charge is 0.373 e. The van der Waals surface area contributed by atoms with Crippen LogP contribution < -0.4 is 5.32 Å². The van der Waals surface area contributed by atoms with Gasteiger partial charge < -0.3 is 5.32 Å². The summed E-state index contributed by atoms with van der Waals surface area (Å²) < 4.78 is 1.89. The van der Waals surface area contributed by atoms with Crippen LogP contribution in [0, 0.1) is 12.3 Å². The van der Waals surface area contributed by atoms with Gasteiger partial charge in [-0.2, -0.15) is 0 Å². The second-order valence-electron chi connectivity index (χ2n) is 9.35. The molecule has 1 atom stereocenters. The van der Waals surface area contributed by atoms with E-state index < -0.39 is 5.54 Å². The third kappa shape index (κ3) is 5.46. The van der Waals surface area contributed by atoms with Crippen molar-refractivity contribution in [3.05, 3.63) is 75.5 Å². The van der Waals surface area contributed by atoms with Crippen LogP contribution in [-0.4, -0.2) is 20.2 Å². The SMILES string of the molecule is Cc1ccccc1NC(C)(C)c1nnnn1C(C=Cc1ccc(Cl)cc1Cl)C(C)(C)C. The van der Waals surface area contributed by atoms with Gasteiger partial charge in [0.05, 0.1) is 11.6 Å². The van der Waals surface area contributed by atoms with Crippen LogP contribution in [0.2, 0.25) is 10.0 Å². The maximum absolute atomic E-state index is 6.37. The first kappa shape index (κ1) is 23.3. The van der Waals surface area contributed by atoms with Crippen LogP contribution in [0.25, 0.3) is 6.08 Å². The molecule has 0 amide bonds. The molecule has 0 aliphatic carbocycles. The number of tetrazole rings is 1. The molecule has 3 aromatic rings. The number of anilines is 1. The highest BCUT2D eigenvalue weighted by Gasteiger charge is 2.34. The fraction of sp³-hybridized carbons (Fsp3) is 0.375. The summed E-state index contributed by atoms with van der Waals surface area (Å²) in [5.41, 5.74) is 2.48. The Labute approximate surface area is 194 Å². The number of benzene rings is 2. The molecule has 1 aromatic heterocycles. The number of para-hydroxylation sites is 1. The average molecular weight is 458 g/mol. The van der Waals surface area contributed by atoms with Crippen molar-refractivity contribution in [1.82, 2.24) is 20.2 Å². The fourth-order valence-electron chi connectivity index (χ4n) is 3.47. The fourth-order valence-corrected chi connectivity index (χ4v) is 3.94. The summed E-state index contributed by atoms with van der Waals surface area (Å²) in [6, 6.07) is 13.6. The molecule has 1 unspecified atom stereocenters. The summed E-state index contributed by atoms with van der Waals surface area (Å²) in [5.74, 6) is 0.752. The van der Waals surface area contributed by atoms with Gasteiger partial charge in [-0.05, 0) is 65.9 Å². The Balaban J connectivity index is 1.98. The molecule has 1 heterocycles. The number of hydrogen-bond donors (Lipinski definition) is 1. The summed E-state index contributed by atoms with van der Waals surface area (Å²) in [7, 11) is 0. The standard InChI is InChI=1S/C24H29Cl2N5/c1-16-9-7-8-10-20(16)27-24(5,6)22-28-29-30-31(22)21(23(2,3)4)14-12-17-11-13-18(25)15-19(17)26/h7-15,21,27H,1-6H3. The highest BCUT2D eigenvalue weighted by atomic mass is 35.5. The van der Waals surface area contributed by atoms with E-state index in [0.29, 0.717) is 10.0 Å². The summed E-state index contributed by atoms with van der Waals surface area (Å²) >= 11 is 12.4. The smallest absolute Gasteiger partial charge is 0.176 e. The van der Waals surface area contributed by atoms with Gasteiger partial charge in [-0.15, -0.1) is 5.10 Å². The van der Waals surface area contributed by atoms with Crippen molar-refractivity contribution < 1.29 is 0 Å². The lowest BCUT2D eigenvalue weighted by Gasteiger charge is -2.33. The van der Waals surface area contributed by atoms with Crippen molar-refractivity contribution in [2.45, 2.75) is 53.1 Å². The van der Waals surface area contributed by atoms with E-state index in [1.807, 2.05) is 35.0 Å². The first-order chi connectivity index (χ1) is 14.5. The Hall–Kier alpha value is -2.37. The molecule has 0 fully saturated rings. The lowest BCUT2D eigenvalue weighted by atomic mass is 9.85. The molecule has 0 radical (unpaired) electrons. The lowest BCUT2D eigenvalue weighted by molar-refractivity contribution is 0.258. The molecule has 0 saturated carbocycles. The van der Waals surface area contributed by atoms with Gasteiger partial charge in [-0.25, -0.2) is 4.68 Å². The van der Waals surface area contributed by atoms with Crippen LogP contribution in [0.15, 0.2) is 48.5 Å². The quantitative estimate of drug-likeness (QED) is 0.435. The third-order valence-electron chi connectivity index (χ3n) is 5.22. The van der Waals surface area contributed by atoms with Gasteiger partial charge in [-0.1, -0.05) is 80.4 Å². The number of aromatic nitrogens is 4. The van der Waals surface area contributed by atoms with Gasteiger partial charge in [0, 0.05) is 15.7 Å². The normalized spacial score (nSPS) is 13.5. The zero-order chi connectivity index (χ0) is 22.8. The van der Waals surface area contributed by atoms with E-state index in [4.69, 9.17) is 23.2 Å². The Kier molecular flexibility index (Phi) is 6.77. The maximum Gasteiger partial charge on any atom is 0.176 e. The molecule has 31 heavy (non-hydrogen) atoms. The number of aryl methyl sites for hydroxylation is 1. The molecule has 7 heteroatoms. The number of rotatable bonds is 6. The molecule has 0 aliphatic rings. The van der Waals surface area contributed by atoms with Crippen LogP contribution in [0.5, 0.6) is 0 Å². The Bertz CT molecular complexity index is 1080. The molecular weight excluding hydrogens is 429 g/mol. The first-order valence-corrected chi connectivity index (χ1v) is 11.0. The Morgan fingerprint density at radius 1 is 1.03 bits per heavy atom. The van der Waals surface area contributed by atoms with E-state index in [2.05, 4.69) is 80.6 Å². The minimum atomic E-state index is -0.495. The molecule has 2 aromatic carbocycles. The van der Waals surface area contributed by atoms with E-state index >= 15 is 0 Å². The minimum absolute atomic E-state index is 0.0952. The van der Waals surface area contributed by atoms with E-state index in [9.17, 15) is 0 Å². The van der Waals surface area contributed by atoms with E-state index in [1.165, 1.54) is 5.56 Å². The topological polar surface area (TPSA) is 55.6 Å². The first-order valence-electron chi connectivity index (χ1n) is 10.2. The van der Waals surface area contributed by atoms with Gasteiger partial charge in [-0.3, -0.25) is 0 Å². The predicted molar refractivity (Wildman–Crippen MR) is 130 cm³/mol. The summed E-state index contributed by atoms with van der Waals surface area (Å²) in [6.45, 7) is 12.7. The van der Waals surface area contributed by atoms with Crippen molar-refractivity contribution in [3.63, 3.8) is 0 Å². The summed E-state index contributed by atoms with van der Waals surface area (Å²) in [4.78, 5) is 0. The number of halogens is 2. The zero-order valence-electron chi connectivity index (χ0n) is 18.8.